The van der Waals surface area contributed by atoms with Crippen LogP contribution in [0, 0.1) is 0 Å². The number of carbonyl (C=O) groups is 1. The second-order valence-corrected chi connectivity index (χ2v) is 7.35. The lowest BCUT2D eigenvalue weighted by Crippen LogP contribution is -2.31. The van der Waals surface area contributed by atoms with Crippen molar-refractivity contribution >= 4 is 34.1 Å². The van der Waals surface area contributed by atoms with Crippen molar-refractivity contribution in [1.82, 2.24) is 9.88 Å². The van der Waals surface area contributed by atoms with Gasteiger partial charge in [-0.15, -0.1) is 23.1 Å². The number of rotatable bonds is 10. The van der Waals surface area contributed by atoms with Crippen LogP contribution in [-0.4, -0.2) is 57.4 Å². The first-order valence-electron chi connectivity index (χ1n) is 7.40. The topological polar surface area (TPSA) is 91.8 Å². The maximum atomic E-state index is 10.7. The molecule has 1 atom stereocenters. The van der Waals surface area contributed by atoms with Crippen molar-refractivity contribution in [1.29, 1.82) is 0 Å². The van der Waals surface area contributed by atoms with E-state index < -0.39 is 12.0 Å². The maximum absolute atomic E-state index is 10.7. The van der Waals surface area contributed by atoms with Gasteiger partial charge in [0.25, 0.3) is 0 Å². The third-order valence-corrected chi connectivity index (χ3v) is 5.15. The molecular formula is C14H22N4O2S2. The largest absolute Gasteiger partial charge is 0.480 e. The zero-order valence-corrected chi connectivity index (χ0v) is 14.1. The summed E-state index contributed by atoms with van der Waals surface area (Å²) in [6.07, 6.45) is 4.10. The lowest BCUT2D eigenvalue weighted by molar-refractivity contribution is -0.138. The first-order valence-corrected chi connectivity index (χ1v) is 9.27. The van der Waals surface area contributed by atoms with Crippen molar-refractivity contribution in [3.8, 4) is 0 Å². The zero-order valence-electron chi connectivity index (χ0n) is 12.5. The van der Waals surface area contributed by atoms with Crippen molar-refractivity contribution in [2.75, 3.05) is 25.4 Å². The molecule has 0 aromatic carbocycles. The Morgan fingerprint density at radius 3 is 2.95 bits per heavy atom. The first-order chi connectivity index (χ1) is 10.6. The molecule has 8 heteroatoms. The van der Waals surface area contributed by atoms with Crippen LogP contribution in [0.5, 0.6) is 0 Å². The van der Waals surface area contributed by atoms with Gasteiger partial charge in [0.1, 0.15) is 11.0 Å². The molecule has 22 heavy (non-hydrogen) atoms. The minimum Gasteiger partial charge on any atom is -0.480 e. The Morgan fingerprint density at radius 1 is 1.45 bits per heavy atom. The van der Waals surface area contributed by atoms with Crippen LogP contribution in [0.25, 0.3) is 0 Å². The van der Waals surface area contributed by atoms with Crippen LogP contribution in [0.1, 0.15) is 24.3 Å². The van der Waals surface area contributed by atoms with Gasteiger partial charge in [-0.2, -0.15) is 0 Å². The number of aromatic nitrogens is 1. The summed E-state index contributed by atoms with van der Waals surface area (Å²) in [6.45, 7) is 3.50. The fourth-order valence-electron chi connectivity index (χ4n) is 2.23. The first kappa shape index (κ1) is 17.4. The molecule has 0 amide bonds. The Kier molecular flexibility index (Phi) is 7.31. The van der Waals surface area contributed by atoms with Crippen molar-refractivity contribution in [3.05, 3.63) is 16.6 Å². The third kappa shape index (κ3) is 6.04. The number of unbranched alkanes of at least 4 members (excludes halogenated alkanes) is 1. The van der Waals surface area contributed by atoms with E-state index in [4.69, 9.17) is 10.8 Å². The number of aliphatic carboxylic acids is 1. The zero-order chi connectivity index (χ0) is 15.8. The Hall–Kier alpha value is -0.960. The lowest BCUT2D eigenvalue weighted by atomic mass is 10.1. The summed E-state index contributed by atoms with van der Waals surface area (Å²) in [5.74, 6) is 0.157. The van der Waals surface area contributed by atoms with Crippen LogP contribution < -0.4 is 5.73 Å². The van der Waals surface area contributed by atoms with Gasteiger partial charge in [0.2, 0.25) is 0 Å². The Bertz CT molecular complexity index is 493. The molecule has 1 aliphatic heterocycles. The van der Waals surface area contributed by atoms with Crippen molar-refractivity contribution in [3.63, 3.8) is 0 Å². The predicted molar refractivity (Wildman–Crippen MR) is 91.6 cm³/mol. The molecule has 0 aliphatic carbocycles. The number of thiazole rings is 1. The van der Waals surface area contributed by atoms with Crippen LogP contribution in [0.15, 0.2) is 16.6 Å². The van der Waals surface area contributed by atoms with Gasteiger partial charge in [-0.3, -0.25) is 14.7 Å². The highest BCUT2D eigenvalue weighted by atomic mass is 32.2. The monoisotopic (exact) mass is 342 g/mol. The molecule has 122 valence electrons. The number of hydrogen-bond donors (Lipinski definition) is 2. The molecule has 6 nitrogen and oxygen atoms in total. The van der Waals surface area contributed by atoms with E-state index >= 15 is 0 Å². The summed E-state index contributed by atoms with van der Waals surface area (Å²) in [5.41, 5.74) is 5.53. The fraction of sp³-hybridized carbons (Fsp3) is 0.643. The fourth-order valence-corrected chi connectivity index (χ4v) is 3.76. The minimum atomic E-state index is -0.920. The summed E-state index contributed by atoms with van der Waals surface area (Å²) in [4.78, 5) is 21.9. The molecule has 1 aromatic heterocycles. The summed E-state index contributed by atoms with van der Waals surface area (Å²) in [5, 5.41) is 13.1. The number of nitrogens with two attached hydrogens (primary N) is 1. The van der Waals surface area contributed by atoms with Gasteiger partial charge >= 0.3 is 5.97 Å². The van der Waals surface area contributed by atoms with Gasteiger partial charge in [0.15, 0.2) is 0 Å². The molecule has 0 saturated heterocycles. The van der Waals surface area contributed by atoms with Crippen LogP contribution in [0.2, 0.25) is 0 Å². The van der Waals surface area contributed by atoms with Gasteiger partial charge in [-0.05, 0) is 19.4 Å². The highest BCUT2D eigenvalue weighted by molar-refractivity contribution is 8.14. The standard InChI is InChI=1S/C14H22N4O2S2/c15-11(14(19)20)3-1-2-6-18(9-12-16-4-7-21-12)10-13-17-5-8-22-13/h4,7,11H,1-3,5-6,8-10,15H2,(H,19,20). The van der Waals surface area contributed by atoms with Gasteiger partial charge in [0.05, 0.1) is 11.6 Å². The van der Waals surface area contributed by atoms with Crippen molar-refractivity contribution < 1.29 is 9.90 Å². The number of aliphatic imine (C=N–C) groups is 1. The highest BCUT2D eigenvalue weighted by Gasteiger charge is 2.15. The van der Waals surface area contributed by atoms with Crippen molar-refractivity contribution in [2.24, 2.45) is 10.7 Å². The second-order valence-electron chi connectivity index (χ2n) is 5.20. The van der Waals surface area contributed by atoms with E-state index in [-0.39, 0.29) is 0 Å². The molecule has 0 radical (unpaired) electrons. The SMILES string of the molecule is NC(CCCCN(CC1=NCCS1)Cc1nccs1)C(=O)O. The van der Waals surface area contributed by atoms with E-state index in [0.717, 1.165) is 49.8 Å². The normalized spacial score (nSPS) is 16.0. The third-order valence-electron chi connectivity index (χ3n) is 3.41. The van der Waals surface area contributed by atoms with E-state index in [1.54, 1.807) is 11.3 Å². The van der Waals surface area contributed by atoms with Crippen LogP contribution in [0.3, 0.4) is 0 Å². The molecular weight excluding hydrogens is 320 g/mol. The Morgan fingerprint density at radius 2 is 2.32 bits per heavy atom. The molecule has 2 rings (SSSR count). The van der Waals surface area contributed by atoms with Crippen LogP contribution >= 0.6 is 23.1 Å². The molecule has 1 aliphatic rings. The van der Waals surface area contributed by atoms with Crippen LogP contribution in [0.4, 0.5) is 0 Å². The summed E-state index contributed by atoms with van der Waals surface area (Å²) in [6, 6.07) is -0.748. The van der Waals surface area contributed by atoms with E-state index in [2.05, 4.69) is 14.9 Å². The quantitative estimate of drug-likeness (QED) is 0.629. The Balaban J connectivity index is 1.77. The van der Waals surface area contributed by atoms with E-state index in [0.29, 0.717) is 6.42 Å². The van der Waals surface area contributed by atoms with Gasteiger partial charge in [-0.1, -0.05) is 6.42 Å². The highest BCUT2D eigenvalue weighted by Crippen LogP contribution is 2.16. The maximum Gasteiger partial charge on any atom is 0.320 e. The number of thioether (sulfide) groups is 1. The molecule has 1 unspecified atom stereocenters. The number of nitrogens with zero attached hydrogens (tertiary/aromatic N) is 3. The minimum absolute atomic E-state index is 0.524. The lowest BCUT2D eigenvalue weighted by Gasteiger charge is -2.21. The van der Waals surface area contributed by atoms with Crippen LogP contribution in [-0.2, 0) is 11.3 Å². The smallest absolute Gasteiger partial charge is 0.320 e. The molecule has 3 N–H and O–H groups in total. The number of carboxylic acid groups (broad SMARTS) is 1. The van der Waals surface area contributed by atoms with Gasteiger partial charge in [-0.25, -0.2) is 4.98 Å². The predicted octanol–water partition coefficient (Wildman–Crippen LogP) is 1.67. The number of carboxylic acids is 1. The summed E-state index contributed by atoms with van der Waals surface area (Å²) in [7, 11) is 0. The van der Waals surface area contributed by atoms with E-state index in [1.807, 2.05) is 23.3 Å². The molecule has 0 saturated carbocycles. The average Bonchev–Trinajstić information content (AvgIpc) is 3.16. The molecule has 0 bridgehead atoms. The summed E-state index contributed by atoms with van der Waals surface area (Å²) < 4.78 is 0. The average molecular weight is 342 g/mol. The van der Waals surface area contributed by atoms with E-state index in [1.165, 1.54) is 5.04 Å². The van der Waals surface area contributed by atoms with Gasteiger partial charge < -0.3 is 10.8 Å². The molecule has 1 aromatic rings. The van der Waals surface area contributed by atoms with Crippen molar-refractivity contribution in [2.45, 2.75) is 31.8 Å². The molecule has 2 heterocycles. The molecule has 0 fully saturated rings. The summed E-state index contributed by atoms with van der Waals surface area (Å²) >= 11 is 3.48. The second kappa shape index (κ2) is 9.24. The Labute approximate surface area is 138 Å². The molecule has 0 spiro atoms. The van der Waals surface area contributed by atoms with Gasteiger partial charge in [0, 0.05) is 30.4 Å². The van der Waals surface area contributed by atoms with E-state index in [9.17, 15) is 4.79 Å². The number of hydrogen-bond acceptors (Lipinski definition) is 7.